The van der Waals surface area contributed by atoms with E-state index in [0.717, 1.165) is 11.2 Å². The Bertz CT molecular complexity index is 723. The van der Waals surface area contributed by atoms with Gasteiger partial charge in [-0.15, -0.1) is 0 Å². The van der Waals surface area contributed by atoms with Gasteiger partial charge in [0.05, 0.1) is 11.1 Å². The van der Waals surface area contributed by atoms with E-state index < -0.39 is 5.97 Å². The van der Waals surface area contributed by atoms with Gasteiger partial charge in [0.15, 0.2) is 0 Å². The third kappa shape index (κ3) is 1.95. The zero-order valence-corrected chi connectivity index (χ0v) is 12.6. The van der Waals surface area contributed by atoms with E-state index in [1.54, 1.807) is 18.2 Å². The van der Waals surface area contributed by atoms with Crippen LogP contribution in [0.1, 0.15) is 38.1 Å². The van der Waals surface area contributed by atoms with Gasteiger partial charge in [-0.05, 0) is 29.0 Å². The lowest BCUT2D eigenvalue weighted by Crippen LogP contribution is -2.12. The van der Waals surface area contributed by atoms with Gasteiger partial charge in [0, 0.05) is 11.4 Å². The Morgan fingerprint density at radius 3 is 2.43 bits per heavy atom. The fourth-order valence-corrected chi connectivity index (χ4v) is 3.00. The van der Waals surface area contributed by atoms with Crippen LogP contribution < -0.4 is 5.32 Å². The zero-order chi connectivity index (χ0) is 15.4. The molecule has 2 aromatic rings. The summed E-state index contributed by atoms with van der Waals surface area (Å²) >= 11 is 0. The number of hydrogen-bond acceptors (Lipinski definition) is 4. The highest BCUT2D eigenvalue weighted by Gasteiger charge is 2.65. The van der Waals surface area contributed by atoms with Gasteiger partial charge in [-0.3, -0.25) is 0 Å². The summed E-state index contributed by atoms with van der Waals surface area (Å²) in [4.78, 5) is 19.5. The quantitative estimate of drug-likeness (QED) is 0.906. The number of rotatable bonds is 3. The number of nitrogens with one attached hydrogen (secondary N) is 1. The first-order chi connectivity index (χ1) is 9.75. The highest BCUT2D eigenvalue weighted by Crippen LogP contribution is 2.63. The van der Waals surface area contributed by atoms with E-state index in [-0.39, 0.29) is 16.4 Å². The summed E-state index contributed by atoms with van der Waals surface area (Å²) < 4.78 is 0. The van der Waals surface area contributed by atoms with Gasteiger partial charge in [-0.1, -0.05) is 27.7 Å². The van der Waals surface area contributed by atoms with E-state index >= 15 is 0 Å². The predicted octanol–water partition coefficient (Wildman–Crippen LogP) is 3.17. The molecule has 1 aliphatic carbocycles. The standard InChI is InChI=1S/C16H19N3O2/c1-15(2)14(16(15,3)4)19-12-10-6-5-9(13(20)21)7-11(10)17-8-18-12/h5-8,14H,1-4H3,(H,20,21)(H,17,18,19). The molecule has 0 bridgehead atoms. The molecule has 1 heterocycles. The zero-order valence-electron chi connectivity index (χ0n) is 12.6. The molecule has 0 amide bonds. The van der Waals surface area contributed by atoms with Crippen molar-refractivity contribution in [1.82, 2.24) is 9.97 Å². The third-order valence-electron chi connectivity index (χ3n) is 5.19. The Kier molecular flexibility index (Phi) is 2.74. The van der Waals surface area contributed by atoms with Crippen molar-refractivity contribution in [2.45, 2.75) is 33.7 Å². The largest absolute Gasteiger partial charge is 0.478 e. The Labute approximate surface area is 123 Å². The maximum Gasteiger partial charge on any atom is 0.335 e. The molecule has 0 saturated heterocycles. The summed E-state index contributed by atoms with van der Waals surface area (Å²) in [6.45, 7) is 8.93. The monoisotopic (exact) mass is 285 g/mol. The van der Waals surface area contributed by atoms with Crippen molar-refractivity contribution in [2.75, 3.05) is 5.32 Å². The van der Waals surface area contributed by atoms with E-state index in [4.69, 9.17) is 5.11 Å². The van der Waals surface area contributed by atoms with Crippen LogP contribution in [0.5, 0.6) is 0 Å². The lowest BCUT2D eigenvalue weighted by molar-refractivity contribution is 0.0697. The van der Waals surface area contributed by atoms with E-state index in [2.05, 4.69) is 43.0 Å². The molecule has 1 aromatic carbocycles. The summed E-state index contributed by atoms with van der Waals surface area (Å²) in [6.07, 6.45) is 1.47. The van der Waals surface area contributed by atoms with Crippen LogP contribution in [-0.2, 0) is 0 Å². The highest BCUT2D eigenvalue weighted by molar-refractivity contribution is 5.96. The molecule has 1 fully saturated rings. The minimum Gasteiger partial charge on any atom is -0.478 e. The molecule has 21 heavy (non-hydrogen) atoms. The maximum absolute atomic E-state index is 11.0. The van der Waals surface area contributed by atoms with Crippen LogP contribution in [0.2, 0.25) is 0 Å². The topological polar surface area (TPSA) is 75.1 Å². The van der Waals surface area contributed by atoms with Crippen LogP contribution in [0, 0.1) is 10.8 Å². The van der Waals surface area contributed by atoms with Gasteiger partial charge in [0.1, 0.15) is 12.1 Å². The average Bonchev–Trinajstić information content (AvgIpc) is 2.80. The molecular weight excluding hydrogens is 266 g/mol. The second kappa shape index (κ2) is 4.16. The number of nitrogens with zero attached hydrogens (tertiary/aromatic N) is 2. The number of aromatic carboxylic acids is 1. The summed E-state index contributed by atoms with van der Waals surface area (Å²) in [6, 6.07) is 5.27. The number of fused-ring (bicyclic) bond motifs is 1. The van der Waals surface area contributed by atoms with Crippen molar-refractivity contribution < 1.29 is 9.90 Å². The third-order valence-corrected chi connectivity index (χ3v) is 5.19. The van der Waals surface area contributed by atoms with E-state index in [1.807, 2.05) is 0 Å². The van der Waals surface area contributed by atoms with Gasteiger partial charge in [-0.25, -0.2) is 14.8 Å². The number of benzene rings is 1. The van der Waals surface area contributed by atoms with Crippen LogP contribution in [0.3, 0.4) is 0 Å². The van der Waals surface area contributed by atoms with Crippen LogP contribution in [0.15, 0.2) is 24.5 Å². The molecule has 0 atom stereocenters. The molecule has 5 heteroatoms. The Morgan fingerprint density at radius 2 is 1.86 bits per heavy atom. The van der Waals surface area contributed by atoms with E-state index in [1.165, 1.54) is 6.33 Å². The lowest BCUT2D eigenvalue weighted by Gasteiger charge is -2.10. The van der Waals surface area contributed by atoms with Crippen molar-refractivity contribution in [3.8, 4) is 0 Å². The Balaban J connectivity index is 1.99. The van der Waals surface area contributed by atoms with Crippen LogP contribution in [-0.4, -0.2) is 27.1 Å². The van der Waals surface area contributed by atoms with Crippen LogP contribution >= 0.6 is 0 Å². The number of carbonyl (C=O) groups is 1. The van der Waals surface area contributed by atoms with Crippen molar-refractivity contribution in [3.63, 3.8) is 0 Å². The van der Waals surface area contributed by atoms with Crippen molar-refractivity contribution in [2.24, 2.45) is 10.8 Å². The Morgan fingerprint density at radius 1 is 1.19 bits per heavy atom. The minimum atomic E-state index is -0.950. The highest BCUT2D eigenvalue weighted by atomic mass is 16.4. The fourth-order valence-electron chi connectivity index (χ4n) is 3.00. The normalized spacial score (nSPS) is 19.4. The lowest BCUT2D eigenvalue weighted by atomic mass is 10.0. The summed E-state index contributed by atoms with van der Waals surface area (Å²) in [5.74, 6) is -0.185. The maximum atomic E-state index is 11.0. The van der Waals surface area contributed by atoms with Gasteiger partial charge in [0.25, 0.3) is 0 Å². The molecule has 5 nitrogen and oxygen atoms in total. The van der Waals surface area contributed by atoms with Crippen LogP contribution in [0.25, 0.3) is 10.9 Å². The second-order valence-corrected chi connectivity index (χ2v) is 6.78. The molecule has 0 unspecified atom stereocenters. The fraction of sp³-hybridized carbons (Fsp3) is 0.438. The van der Waals surface area contributed by atoms with Gasteiger partial charge < -0.3 is 10.4 Å². The summed E-state index contributed by atoms with van der Waals surface area (Å²) in [5.41, 5.74) is 1.28. The smallest absolute Gasteiger partial charge is 0.335 e. The van der Waals surface area contributed by atoms with Crippen molar-refractivity contribution in [3.05, 3.63) is 30.1 Å². The van der Waals surface area contributed by atoms with E-state index in [0.29, 0.717) is 11.6 Å². The number of hydrogen-bond donors (Lipinski definition) is 2. The minimum absolute atomic E-state index is 0.200. The predicted molar refractivity (Wildman–Crippen MR) is 81.5 cm³/mol. The number of carboxylic acid groups (broad SMARTS) is 1. The van der Waals surface area contributed by atoms with Crippen molar-refractivity contribution >= 4 is 22.7 Å². The molecule has 0 aliphatic heterocycles. The average molecular weight is 285 g/mol. The molecule has 1 aromatic heterocycles. The van der Waals surface area contributed by atoms with E-state index in [9.17, 15) is 4.79 Å². The van der Waals surface area contributed by atoms with Gasteiger partial charge in [0.2, 0.25) is 0 Å². The summed E-state index contributed by atoms with van der Waals surface area (Å²) in [7, 11) is 0. The Hall–Kier alpha value is -2.17. The first-order valence-corrected chi connectivity index (χ1v) is 7.00. The molecule has 0 spiro atoms. The van der Waals surface area contributed by atoms with Gasteiger partial charge in [-0.2, -0.15) is 0 Å². The molecule has 0 radical (unpaired) electrons. The first-order valence-electron chi connectivity index (χ1n) is 7.00. The number of aromatic nitrogens is 2. The molecule has 2 N–H and O–H groups in total. The number of anilines is 1. The SMILES string of the molecule is CC1(C)C(Nc2ncnc3cc(C(=O)O)ccc23)C1(C)C. The number of carboxylic acids is 1. The summed E-state index contributed by atoms with van der Waals surface area (Å²) in [5, 5.41) is 13.4. The molecule has 3 rings (SSSR count). The van der Waals surface area contributed by atoms with Crippen molar-refractivity contribution in [1.29, 1.82) is 0 Å². The molecule has 1 saturated carbocycles. The van der Waals surface area contributed by atoms with Crippen LogP contribution in [0.4, 0.5) is 5.82 Å². The van der Waals surface area contributed by atoms with Gasteiger partial charge >= 0.3 is 5.97 Å². The molecule has 1 aliphatic rings. The molecular formula is C16H19N3O2. The first kappa shape index (κ1) is 13.8. The molecule has 110 valence electrons. The second-order valence-electron chi connectivity index (χ2n) is 6.78.